The summed E-state index contributed by atoms with van der Waals surface area (Å²) in [5, 5.41) is 6.23. The van der Waals surface area contributed by atoms with Gasteiger partial charge in [-0.15, -0.1) is 0 Å². The molecular weight excluding hydrogens is 314 g/mol. The number of rotatable bonds is 7. The Morgan fingerprint density at radius 1 is 1.21 bits per heavy atom. The Labute approximate surface area is 138 Å². The summed E-state index contributed by atoms with van der Waals surface area (Å²) in [6, 6.07) is 8.29. The van der Waals surface area contributed by atoms with Crippen LogP contribution in [-0.2, 0) is 4.79 Å². The minimum Gasteiger partial charge on any atom is -0.493 e. The molecule has 126 valence electrons. The molecule has 0 fully saturated rings. The second-order valence-electron chi connectivity index (χ2n) is 4.57. The Balaban J connectivity index is 1.83. The maximum atomic E-state index is 11.6. The maximum Gasteiger partial charge on any atom is 0.287 e. The molecule has 0 aliphatic rings. The summed E-state index contributed by atoms with van der Waals surface area (Å²) < 4.78 is 15.2. The highest BCUT2D eigenvalue weighted by Crippen LogP contribution is 2.26. The molecule has 2 N–H and O–H groups in total. The zero-order valence-corrected chi connectivity index (χ0v) is 13.2. The zero-order chi connectivity index (χ0) is 17.4. The monoisotopic (exact) mass is 331 g/mol. The van der Waals surface area contributed by atoms with Crippen molar-refractivity contribution in [3.8, 4) is 11.5 Å². The highest BCUT2D eigenvalue weighted by atomic mass is 16.5. The van der Waals surface area contributed by atoms with Gasteiger partial charge in [0.2, 0.25) is 0 Å². The standard InChI is InChI=1S/C16H17N3O5/c1-22-12-6-5-11(8-14(12)23-2)9-18-19-15(20)10-17-16(21)13-4-3-7-24-13/h3-9H,10H2,1-2H3,(H,17,21)(H,19,20)/b18-9+. The van der Waals surface area contributed by atoms with E-state index < -0.39 is 11.8 Å². The first-order valence-electron chi connectivity index (χ1n) is 6.99. The number of hydrogen-bond donors (Lipinski definition) is 2. The van der Waals surface area contributed by atoms with Gasteiger partial charge in [0.15, 0.2) is 17.3 Å². The number of nitrogens with one attached hydrogen (secondary N) is 2. The molecule has 0 unspecified atom stereocenters. The molecule has 0 atom stereocenters. The number of hydrazone groups is 1. The van der Waals surface area contributed by atoms with Gasteiger partial charge in [-0.05, 0) is 35.9 Å². The Bertz CT molecular complexity index is 725. The van der Waals surface area contributed by atoms with Gasteiger partial charge >= 0.3 is 0 Å². The Morgan fingerprint density at radius 2 is 2.00 bits per heavy atom. The normalized spacial score (nSPS) is 10.4. The van der Waals surface area contributed by atoms with Gasteiger partial charge < -0.3 is 19.2 Å². The van der Waals surface area contributed by atoms with E-state index in [1.165, 1.54) is 25.7 Å². The second-order valence-corrected chi connectivity index (χ2v) is 4.57. The van der Waals surface area contributed by atoms with Gasteiger partial charge in [-0.2, -0.15) is 5.10 Å². The van der Waals surface area contributed by atoms with Crippen molar-refractivity contribution in [1.82, 2.24) is 10.7 Å². The minimum atomic E-state index is -0.473. The number of carbonyl (C=O) groups excluding carboxylic acids is 2. The minimum absolute atomic E-state index is 0.136. The van der Waals surface area contributed by atoms with Crippen molar-refractivity contribution in [1.29, 1.82) is 0 Å². The van der Waals surface area contributed by atoms with Gasteiger partial charge in [0.05, 0.1) is 33.2 Å². The molecule has 0 aliphatic heterocycles. The van der Waals surface area contributed by atoms with E-state index in [1.807, 2.05) is 0 Å². The molecule has 1 aromatic carbocycles. The number of hydrogen-bond acceptors (Lipinski definition) is 6. The van der Waals surface area contributed by atoms with Gasteiger partial charge in [0, 0.05) is 0 Å². The van der Waals surface area contributed by atoms with Crippen LogP contribution in [0.1, 0.15) is 16.1 Å². The van der Waals surface area contributed by atoms with Gasteiger partial charge in [0.1, 0.15) is 0 Å². The molecule has 0 saturated heterocycles. The molecule has 2 rings (SSSR count). The van der Waals surface area contributed by atoms with Crippen molar-refractivity contribution in [3.63, 3.8) is 0 Å². The van der Waals surface area contributed by atoms with E-state index in [-0.39, 0.29) is 12.3 Å². The number of amides is 2. The Kier molecular flexibility index (Phi) is 5.95. The molecule has 8 nitrogen and oxygen atoms in total. The van der Waals surface area contributed by atoms with Crippen molar-refractivity contribution in [2.24, 2.45) is 5.10 Å². The number of nitrogens with zero attached hydrogens (tertiary/aromatic N) is 1. The van der Waals surface area contributed by atoms with Crippen LogP contribution in [0.15, 0.2) is 46.1 Å². The number of carbonyl (C=O) groups is 2. The fourth-order valence-corrected chi connectivity index (χ4v) is 1.81. The molecular formula is C16H17N3O5. The van der Waals surface area contributed by atoms with Crippen LogP contribution < -0.4 is 20.2 Å². The van der Waals surface area contributed by atoms with Crippen molar-refractivity contribution in [2.75, 3.05) is 20.8 Å². The average molecular weight is 331 g/mol. The molecule has 0 bridgehead atoms. The zero-order valence-electron chi connectivity index (χ0n) is 13.2. The fourth-order valence-electron chi connectivity index (χ4n) is 1.81. The van der Waals surface area contributed by atoms with Crippen LogP contribution in [0, 0.1) is 0 Å². The van der Waals surface area contributed by atoms with Crippen molar-refractivity contribution >= 4 is 18.0 Å². The van der Waals surface area contributed by atoms with Gasteiger partial charge in [-0.1, -0.05) is 0 Å². The molecule has 1 heterocycles. The molecule has 0 saturated carbocycles. The molecule has 2 aromatic rings. The largest absolute Gasteiger partial charge is 0.493 e. The van der Waals surface area contributed by atoms with Crippen LogP contribution in [0.2, 0.25) is 0 Å². The predicted octanol–water partition coefficient (Wildman–Crippen LogP) is 1.18. The second kappa shape index (κ2) is 8.37. The van der Waals surface area contributed by atoms with Gasteiger partial charge in [-0.25, -0.2) is 5.43 Å². The summed E-state index contributed by atoms with van der Waals surface area (Å²) in [7, 11) is 3.07. The summed E-state index contributed by atoms with van der Waals surface area (Å²) >= 11 is 0. The highest BCUT2D eigenvalue weighted by Gasteiger charge is 2.09. The first kappa shape index (κ1) is 17.1. The summed E-state index contributed by atoms with van der Waals surface area (Å²) in [6.07, 6.45) is 2.83. The van der Waals surface area contributed by atoms with Crippen LogP contribution in [0.3, 0.4) is 0 Å². The SMILES string of the molecule is COc1ccc(/C=N/NC(=O)CNC(=O)c2ccco2)cc1OC. The summed E-state index contributed by atoms with van der Waals surface area (Å²) in [4.78, 5) is 23.2. The summed E-state index contributed by atoms with van der Waals surface area (Å²) in [6.45, 7) is -0.219. The molecule has 0 radical (unpaired) electrons. The third kappa shape index (κ3) is 4.60. The van der Waals surface area contributed by atoms with Crippen LogP contribution in [0.25, 0.3) is 0 Å². The lowest BCUT2D eigenvalue weighted by Crippen LogP contribution is -2.34. The maximum absolute atomic E-state index is 11.6. The lowest BCUT2D eigenvalue weighted by molar-refractivity contribution is -0.120. The molecule has 1 aromatic heterocycles. The van der Waals surface area contributed by atoms with E-state index in [0.29, 0.717) is 17.1 Å². The predicted molar refractivity (Wildman–Crippen MR) is 86.3 cm³/mol. The quantitative estimate of drug-likeness (QED) is 0.586. The van der Waals surface area contributed by atoms with E-state index in [2.05, 4.69) is 15.8 Å². The van der Waals surface area contributed by atoms with Crippen molar-refractivity contribution in [2.45, 2.75) is 0 Å². The van der Waals surface area contributed by atoms with E-state index in [4.69, 9.17) is 13.9 Å². The third-order valence-corrected chi connectivity index (χ3v) is 2.96. The number of benzene rings is 1. The summed E-state index contributed by atoms with van der Waals surface area (Å²) in [5.41, 5.74) is 3.03. The van der Waals surface area contributed by atoms with E-state index in [0.717, 1.165) is 0 Å². The molecule has 8 heteroatoms. The highest BCUT2D eigenvalue weighted by molar-refractivity contribution is 5.94. The van der Waals surface area contributed by atoms with E-state index in [1.54, 1.807) is 31.4 Å². The number of ether oxygens (including phenoxy) is 2. The van der Waals surface area contributed by atoms with Crippen LogP contribution in [0.4, 0.5) is 0 Å². The van der Waals surface area contributed by atoms with Gasteiger partial charge in [0.25, 0.3) is 11.8 Å². The molecule has 0 spiro atoms. The summed E-state index contributed by atoms with van der Waals surface area (Å²) in [5.74, 6) is 0.347. The molecule has 24 heavy (non-hydrogen) atoms. The van der Waals surface area contributed by atoms with Crippen molar-refractivity contribution in [3.05, 3.63) is 47.9 Å². The first-order valence-corrected chi connectivity index (χ1v) is 6.99. The fraction of sp³-hybridized carbons (Fsp3) is 0.188. The van der Waals surface area contributed by atoms with Crippen LogP contribution in [0.5, 0.6) is 11.5 Å². The number of furan rings is 1. The van der Waals surface area contributed by atoms with E-state index >= 15 is 0 Å². The lowest BCUT2D eigenvalue weighted by atomic mass is 10.2. The third-order valence-electron chi connectivity index (χ3n) is 2.96. The lowest BCUT2D eigenvalue weighted by Gasteiger charge is -2.07. The topological polar surface area (TPSA) is 102 Å². The molecule has 2 amide bonds. The smallest absolute Gasteiger partial charge is 0.287 e. The van der Waals surface area contributed by atoms with E-state index in [9.17, 15) is 9.59 Å². The van der Waals surface area contributed by atoms with Crippen molar-refractivity contribution < 1.29 is 23.5 Å². The first-order chi connectivity index (χ1) is 11.6. The van der Waals surface area contributed by atoms with Crippen LogP contribution >= 0.6 is 0 Å². The molecule has 0 aliphatic carbocycles. The Hall–Kier alpha value is -3.29. The average Bonchev–Trinajstić information content (AvgIpc) is 3.14. The Morgan fingerprint density at radius 3 is 2.67 bits per heavy atom. The van der Waals surface area contributed by atoms with Crippen LogP contribution in [-0.4, -0.2) is 38.8 Å². The van der Waals surface area contributed by atoms with Gasteiger partial charge in [-0.3, -0.25) is 9.59 Å². The number of methoxy groups -OCH3 is 2.